The predicted octanol–water partition coefficient (Wildman–Crippen LogP) is 5.91. The Balaban J connectivity index is 0.00000968. The van der Waals surface area contributed by atoms with E-state index in [1.54, 1.807) is 24.3 Å². The zero-order valence-electron chi connectivity index (χ0n) is 28.1. The predicted molar refractivity (Wildman–Crippen MR) is 173 cm³/mol. The molecule has 1 amide bonds. The minimum Gasteiger partial charge on any atom is -1.00 e. The van der Waals surface area contributed by atoms with Crippen molar-refractivity contribution in [3.05, 3.63) is 48.0 Å². The molecule has 8 nitrogen and oxygen atoms in total. The second-order valence-corrected chi connectivity index (χ2v) is 12.6. The zero-order valence-corrected chi connectivity index (χ0v) is 31.0. The number of hydrogen-bond acceptors (Lipinski definition) is 6. The minimum atomic E-state index is -4.46. The quantitative estimate of drug-likeness (QED) is 0.0474. The molecule has 2 N–H and O–H groups in total. The molecule has 0 aliphatic carbocycles. The van der Waals surface area contributed by atoms with Gasteiger partial charge in [0.05, 0.1) is 30.7 Å². The van der Waals surface area contributed by atoms with E-state index >= 15 is 0 Å². The molecule has 0 spiro atoms. The molecule has 242 valence electrons. The van der Waals surface area contributed by atoms with Gasteiger partial charge in [-0.1, -0.05) is 103 Å². The molecule has 2 aromatic carbocycles. The fourth-order valence-corrected chi connectivity index (χ4v) is 5.47. The van der Waals surface area contributed by atoms with Crippen molar-refractivity contribution in [2.45, 2.75) is 121 Å². The van der Waals surface area contributed by atoms with Crippen LogP contribution in [0.1, 0.15) is 128 Å². The number of nitrogens with one attached hydrogen (secondary N) is 1. The van der Waals surface area contributed by atoms with Gasteiger partial charge in [-0.2, -0.15) is 8.42 Å². The molecule has 0 unspecified atom stereocenters. The molecule has 0 radical (unpaired) electrons. The molecular formula is C34H52KNO7S. The van der Waals surface area contributed by atoms with Crippen molar-refractivity contribution < 1.29 is 84.8 Å². The molecule has 2 rings (SSSR count). The van der Waals surface area contributed by atoms with Crippen LogP contribution in [0.25, 0.3) is 0 Å². The molecule has 0 aromatic heterocycles. The summed E-state index contributed by atoms with van der Waals surface area (Å²) in [7, 11) is -3.11. The number of methoxy groups -OCH3 is 1. The van der Waals surface area contributed by atoms with Crippen LogP contribution >= 0.6 is 0 Å². The fourth-order valence-electron chi connectivity index (χ4n) is 4.96. The Kier molecular flexibility index (Phi) is 22.2. The average molecular weight is 658 g/mol. The van der Waals surface area contributed by atoms with Crippen LogP contribution in [0.5, 0.6) is 11.5 Å². The molecule has 10 heteroatoms. The molecular weight excluding hydrogens is 606 g/mol. The standard InChI is InChI=1S/C34H51NO7S.K.H/c1-3-4-5-6-7-8-9-10-11-12-13-14-15-16-17-18-25-42-29-21-19-28(20-22-29)32(36)27-34(37)35-31-26-30(43(38,39)40)23-24-33(31)41-2;;/h19-24,26H,3-18,25,27H2,1-2H3,(H,35,37)(H,38,39,40);;/q;+1;-1. The van der Waals surface area contributed by atoms with E-state index < -0.39 is 33.1 Å². The Hall–Kier alpha value is -1.27. The van der Waals surface area contributed by atoms with Gasteiger partial charge in [0.25, 0.3) is 10.1 Å². The van der Waals surface area contributed by atoms with Crippen LogP contribution in [0.4, 0.5) is 5.69 Å². The van der Waals surface area contributed by atoms with Gasteiger partial charge in [0.2, 0.25) is 5.91 Å². The first-order chi connectivity index (χ1) is 20.7. The summed E-state index contributed by atoms with van der Waals surface area (Å²) in [6, 6.07) is 10.2. The molecule has 0 aliphatic heterocycles. The molecule has 0 saturated carbocycles. The van der Waals surface area contributed by atoms with Crippen molar-refractivity contribution in [2.24, 2.45) is 0 Å². The van der Waals surface area contributed by atoms with Crippen LogP contribution in [0, 0.1) is 0 Å². The van der Waals surface area contributed by atoms with Gasteiger partial charge >= 0.3 is 51.4 Å². The first-order valence-electron chi connectivity index (χ1n) is 16.0. The van der Waals surface area contributed by atoms with Crippen LogP contribution in [-0.2, 0) is 14.9 Å². The van der Waals surface area contributed by atoms with Gasteiger partial charge in [-0.25, -0.2) is 0 Å². The van der Waals surface area contributed by atoms with Gasteiger partial charge in [0.1, 0.15) is 11.5 Å². The van der Waals surface area contributed by atoms with Gasteiger partial charge in [-0.05, 0) is 48.9 Å². The number of rotatable bonds is 24. The summed E-state index contributed by atoms with van der Waals surface area (Å²) in [6.45, 7) is 2.89. The Morgan fingerprint density at radius 3 is 1.75 bits per heavy atom. The molecule has 0 saturated heterocycles. The van der Waals surface area contributed by atoms with E-state index in [-0.39, 0.29) is 64.2 Å². The van der Waals surface area contributed by atoms with Crippen LogP contribution in [0.3, 0.4) is 0 Å². The molecule has 0 bridgehead atoms. The average Bonchev–Trinajstić information content (AvgIpc) is 2.98. The first-order valence-corrected chi connectivity index (χ1v) is 17.4. The van der Waals surface area contributed by atoms with Crippen molar-refractivity contribution in [1.82, 2.24) is 0 Å². The van der Waals surface area contributed by atoms with Gasteiger partial charge in [0, 0.05) is 5.56 Å². The van der Waals surface area contributed by atoms with Crippen LogP contribution < -0.4 is 66.2 Å². The summed E-state index contributed by atoms with van der Waals surface area (Å²) < 4.78 is 43.0. The maximum absolute atomic E-state index is 12.6. The number of hydrogen-bond donors (Lipinski definition) is 2. The maximum atomic E-state index is 12.6. The summed E-state index contributed by atoms with van der Waals surface area (Å²) >= 11 is 0. The number of ketones is 1. The molecule has 44 heavy (non-hydrogen) atoms. The normalized spacial score (nSPS) is 11.1. The van der Waals surface area contributed by atoms with E-state index in [0.717, 1.165) is 25.0 Å². The van der Waals surface area contributed by atoms with Gasteiger partial charge in [0.15, 0.2) is 5.78 Å². The SMILES string of the molecule is CCCCCCCCCCCCCCCCCCOc1ccc(C(=O)CC(=O)Nc2cc(S(=O)(=O)O)ccc2OC)cc1.[H-].[K+]. The van der Waals surface area contributed by atoms with Crippen LogP contribution in [-0.4, -0.2) is 38.4 Å². The van der Waals surface area contributed by atoms with E-state index in [4.69, 9.17) is 9.47 Å². The molecule has 0 aliphatic rings. The van der Waals surface area contributed by atoms with Crippen LogP contribution in [0.15, 0.2) is 47.4 Å². The molecule has 2 aromatic rings. The topological polar surface area (TPSA) is 119 Å². The van der Waals surface area contributed by atoms with Gasteiger partial charge < -0.3 is 16.2 Å². The van der Waals surface area contributed by atoms with E-state index in [1.807, 2.05) is 0 Å². The number of carbonyl (C=O) groups is 2. The number of ether oxygens (including phenoxy) is 2. The number of benzene rings is 2. The van der Waals surface area contributed by atoms with Crippen LogP contribution in [0.2, 0.25) is 0 Å². The Morgan fingerprint density at radius 1 is 0.773 bits per heavy atom. The zero-order chi connectivity index (χ0) is 31.3. The van der Waals surface area contributed by atoms with Gasteiger partial charge in [-0.15, -0.1) is 0 Å². The molecule has 0 atom stereocenters. The first kappa shape index (κ1) is 40.7. The van der Waals surface area contributed by atoms with Crippen molar-refractivity contribution in [3.8, 4) is 11.5 Å². The van der Waals surface area contributed by atoms with E-state index in [0.29, 0.717) is 17.9 Å². The Bertz CT molecular complexity index is 1210. The number of anilines is 1. The minimum absolute atomic E-state index is 0. The monoisotopic (exact) mass is 657 g/mol. The number of unbranched alkanes of at least 4 members (excludes halogenated alkanes) is 15. The second-order valence-electron chi connectivity index (χ2n) is 11.2. The van der Waals surface area contributed by atoms with E-state index in [1.165, 1.54) is 103 Å². The third-order valence-corrected chi connectivity index (χ3v) is 8.36. The molecule has 0 fully saturated rings. The van der Waals surface area contributed by atoms with E-state index in [2.05, 4.69) is 12.2 Å². The Morgan fingerprint density at radius 2 is 1.27 bits per heavy atom. The van der Waals surface area contributed by atoms with Crippen molar-refractivity contribution in [3.63, 3.8) is 0 Å². The third kappa shape index (κ3) is 17.4. The van der Waals surface area contributed by atoms with Crippen molar-refractivity contribution >= 4 is 27.5 Å². The Labute approximate surface area is 309 Å². The summed E-state index contributed by atoms with van der Waals surface area (Å²) in [5, 5.41) is 2.48. The molecule has 0 heterocycles. The van der Waals surface area contributed by atoms with E-state index in [9.17, 15) is 22.6 Å². The maximum Gasteiger partial charge on any atom is 1.00 e. The van der Waals surface area contributed by atoms with Gasteiger partial charge in [-0.3, -0.25) is 14.1 Å². The van der Waals surface area contributed by atoms with Crippen molar-refractivity contribution in [1.29, 1.82) is 0 Å². The number of amides is 1. The summed E-state index contributed by atoms with van der Waals surface area (Å²) in [5.74, 6) is -0.167. The summed E-state index contributed by atoms with van der Waals surface area (Å²) in [4.78, 5) is 24.6. The van der Waals surface area contributed by atoms with Crippen molar-refractivity contribution in [2.75, 3.05) is 19.0 Å². The summed E-state index contributed by atoms with van der Waals surface area (Å²) in [6.07, 6.45) is 20.7. The smallest absolute Gasteiger partial charge is 1.00 e. The third-order valence-electron chi connectivity index (χ3n) is 7.51. The second kappa shape index (κ2) is 24.0. The largest absolute Gasteiger partial charge is 1.00 e. The summed E-state index contributed by atoms with van der Waals surface area (Å²) in [5.41, 5.74) is 0.400. The fraction of sp³-hybridized carbons (Fsp3) is 0.588. The number of Topliss-reactive ketones (excluding diaryl/α,β-unsaturated/α-hetero) is 1. The number of carbonyl (C=O) groups excluding carboxylic acids is 2.